The van der Waals surface area contributed by atoms with E-state index in [0.717, 1.165) is 23.2 Å². The van der Waals surface area contributed by atoms with E-state index in [1.54, 1.807) is 29.2 Å². The Morgan fingerprint density at radius 3 is 2.54 bits per heavy atom. The SMILES string of the molecule is Cc1cccc(C)c1NC(=O)CN1C(=O)[C@H]2CCCN2C(=O)c2ccccc21. The van der Waals surface area contributed by atoms with Crippen LogP contribution in [0.4, 0.5) is 11.4 Å². The van der Waals surface area contributed by atoms with Crippen molar-refractivity contribution in [3.05, 3.63) is 59.2 Å². The zero-order valence-corrected chi connectivity index (χ0v) is 16.1. The number of aryl methyl sites for hydroxylation is 2. The van der Waals surface area contributed by atoms with Gasteiger partial charge in [0.1, 0.15) is 12.6 Å². The van der Waals surface area contributed by atoms with Crippen LogP contribution in [0.25, 0.3) is 0 Å². The molecule has 0 aliphatic carbocycles. The molecule has 144 valence electrons. The van der Waals surface area contributed by atoms with E-state index in [1.807, 2.05) is 32.0 Å². The summed E-state index contributed by atoms with van der Waals surface area (Å²) < 4.78 is 0. The maximum absolute atomic E-state index is 13.2. The smallest absolute Gasteiger partial charge is 0.256 e. The summed E-state index contributed by atoms with van der Waals surface area (Å²) in [6, 6.07) is 12.3. The molecule has 0 unspecified atom stereocenters. The van der Waals surface area contributed by atoms with Crippen molar-refractivity contribution >= 4 is 29.1 Å². The molecular formula is C22H23N3O3. The summed E-state index contributed by atoms with van der Waals surface area (Å²) in [6.07, 6.45) is 1.43. The van der Waals surface area contributed by atoms with Crippen LogP contribution in [0.3, 0.4) is 0 Å². The van der Waals surface area contributed by atoms with Gasteiger partial charge in [0.2, 0.25) is 11.8 Å². The fourth-order valence-electron chi connectivity index (χ4n) is 4.11. The van der Waals surface area contributed by atoms with E-state index in [1.165, 1.54) is 4.90 Å². The Kier molecular flexibility index (Phi) is 4.63. The molecule has 3 amide bonds. The summed E-state index contributed by atoms with van der Waals surface area (Å²) in [6.45, 7) is 4.32. The van der Waals surface area contributed by atoms with Gasteiger partial charge in [-0.2, -0.15) is 0 Å². The third-order valence-corrected chi connectivity index (χ3v) is 5.54. The molecule has 1 saturated heterocycles. The molecule has 0 radical (unpaired) electrons. The van der Waals surface area contributed by atoms with E-state index in [4.69, 9.17) is 0 Å². The molecule has 1 fully saturated rings. The Morgan fingerprint density at radius 2 is 1.79 bits per heavy atom. The lowest BCUT2D eigenvalue weighted by Gasteiger charge is -2.25. The number of nitrogens with one attached hydrogen (secondary N) is 1. The van der Waals surface area contributed by atoms with Crippen molar-refractivity contribution in [1.29, 1.82) is 0 Å². The Bertz CT molecular complexity index is 949. The topological polar surface area (TPSA) is 69.7 Å². The number of amides is 3. The molecule has 0 saturated carbocycles. The van der Waals surface area contributed by atoms with Gasteiger partial charge >= 0.3 is 0 Å². The van der Waals surface area contributed by atoms with Crippen LogP contribution < -0.4 is 10.2 Å². The van der Waals surface area contributed by atoms with Gasteiger partial charge in [-0.25, -0.2) is 0 Å². The predicted octanol–water partition coefficient (Wildman–Crippen LogP) is 2.89. The van der Waals surface area contributed by atoms with E-state index in [2.05, 4.69) is 5.32 Å². The van der Waals surface area contributed by atoms with E-state index in [-0.39, 0.29) is 24.3 Å². The summed E-state index contributed by atoms with van der Waals surface area (Å²) >= 11 is 0. The first-order chi connectivity index (χ1) is 13.5. The molecule has 0 bridgehead atoms. The Balaban J connectivity index is 1.66. The molecule has 0 aromatic heterocycles. The van der Waals surface area contributed by atoms with Gasteiger partial charge in [-0.1, -0.05) is 30.3 Å². The standard InChI is InChI=1S/C22H23N3O3/c1-14-7-5-8-15(2)20(14)23-19(26)13-25-17-10-4-3-9-16(17)21(27)24-12-6-11-18(24)22(25)28/h3-5,7-10,18H,6,11-13H2,1-2H3,(H,23,26)/t18-/m1/s1. The van der Waals surface area contributed by atoms with Crippen molar-refractivity contribution in [1.82, 2.24) is 4.90 Å². The first-order valence-electron chi connectivity index (χ1n) is 9.55. The van der Waals surface area contributed by atoms with Crippen molar-refractivity contribution in [2.75, 3.05) is 23.3 Å². The first kappa shape index (κ1) is 18.2. The van der Waals surface area contributed by atoms with Gasteiger partial charge in [-0.3, -0.25) is 14.4 Å². The van der Waals surface area contributed by atoms with E-state index in [9.17, 15) is 14.4 Å². The molecule has 1 N–H and O–H groups in total. The number of anilines is 2. The molecule has 6 heteroatoms. The zero-order valence-electron chi connectivity index (χ0n) is 16.1. The number of hydrogen-bond donors (Lipinski definition) is 1. The predicted molar refractivity (Wildman–Crippen MR) is 107 cm³/mol. The molecule has 4 rings (SSSR count). The molecule has 28 heavy (non-hydrogen) atoms. The summed E-state index contributed by atoms with van der Waals surface area (Å²) in [5.74, 6) is -0.601. The van der Waals surface area contributed by atoms with Crippen molar-refractivity contribution in [3.63, 3.8) is 0 Å². The largest absolute Gasteiger partial charge is 0.327 e. The highest BCUT2D eigenvalue weighted by atomic mass is 16.2. The Hall–Kier alpha value is -3.15. The average molecular weight is 377 g/mol. The van der Waals surface area contributed by atoms with Crippen molar-refractivity contribution in [2.24, 2.45) is 0 Å². The van der Waals surface area contributed by atoms with Gasteiger partial charge in [0, 0.05) is 12.2 Å². The average Bonchev–Trinajstić information content (AvgIpc) is 3.15. The van der Waals surface area contributed by atoms with Gasteiger partial charge in [0.25, 0.3) is 5.91 Å². The molecule has 2 aliphatic heterocycles. The molecule has 2 heterocycles. The lowest BCUT2D eigenvalue weighted by molar-refractivity contribution is -0.124. The number of nitrogens with zero attached hydrogens (tertiary/aromatic N) is 2. The number of benzene rings is 2. The monoisotopic (exact) mass is 377 g/mol. The van der Waals surface area contributed by atoms with Crippen LogP contribution in [-0.4, -0.2) is 41.8 Å². The third-order valence-electron chi connectivity index (χ3n) is 5.54. The van der Waals surface area contributed by atoms with Crippen LogP contribution in [0.2, 0.25) is 0 Å². The summed E-state index contributed by atoms with van der Waals surface area (Å²) in [5.41, 5.74) is 3.67. The molecule has 1 atom stereocenters. The van der Waals surface area contributed by atoms with Crippen molar-refractivity contribution < 1.29 is 14.4 Å². The minimum Gasteiger partial charge on any atom is -0.327 e. The van der Waals surface area contributed by atoms with E-state index >= 15 is 0 Å². The van der Waals surface area contributed by atoms with Crippen LogP contribution in [0.1, 0.15) is 34.3 Å². The van der Waals surface area contributed by atoms with Crippen LogP contribution in [0.5, 0.6) is 0 Å². The molecular weight excluding hydrogens is 354 g/mol. The van der Waals surface area contributed by atoms with Crippen LogP contribution in [0, 0.1) is 13.8 Å². The molecule has 6 nitrogen and oxygen atoms in total. The van der Waals surface area contributed by atoms with Crippen molar-refractivity contribution in [2.45, 2.75) is 32.7 Å². The first-order valence-corrected chi connectivity index (χ1v) is 9.55. The number of carbonyl (C=O) groups excluding carboxylic acids is 3. The van der Waals surface area contributed by atoms with Gasteiger partial charge in [-0.15, -0.1) is 0 Å². The van der Waals surface area contributed by atoms with Crippen LogP contribution >= 0.6 is 0 Å². The van der Waals surface area contributed by atoms with Gasteiger partial charge in [0.15, 0.2) is 0 Å². The second-order valence-corrected chi connectivity index (χ2v) is 7.41. The summed E-state index contributed by atoms with van der Waals surface area (Å²) in [5, 5.41) is 2.94. The second-order valence-electron chi connectivity index (χ2n) is 7.41. The summed E-state index contributed by atoms with van der Waals surface area (Å²) in [7, 11) is 0. The quantitative estimate of drug-likeness (QED) is 0.894. The van der Waals surface area contributed by atoms with Crippen LogP contribution in [0.15, 0.2) is 42.5 Å². The van der Waals surface area contributed by atoms with Gasteiger partial charge < -0.3 is 15.1 Å². The highest BCUT2D eigenvalue weighted by Gasteiger charge is 2.42. The number of rotatable bonds is 3. The molecule has 2 aromatic rings. The Labute approximate surface area is 164 Å². The second kappa shape index (κ2) is 7.11. The minimum absolute atomic E-state index is 0.124. The number of carbonyl (C=O) groups is 3. The van der Waals surface area contributed by atoms with Gasteiger partial charge in [0.05, 0.1) is 11.3 Å². The van der Waals surface area contributed by atoms with Crippen molar-refractivity contribution in [3.8, 4) is 0 Å². The maximum atomic E-state index is 13.2. The number of hydrogen-bond acceptors (Lipinski definition) is 3. The normalized spacial score (nSPS) is 18.6. The lowest BCUT2D eigenvalue weighted by Crippen LogP contribution is -2.47. The third kappa shape index (κ3) is 3.05. The number of para-hydroxylation sites is 2. The fraction of sp³-hybridized carbons (Fsp3) is 0.318. The Morgan fingerprint density at radius 1 is 1.07 bits per heavy atom. The van der Waals surface area contributed by atoms with E-state index in [0.29, 0.717) is 24.2 Å². The fourth-order valence-corrected chi connectivity index (χ4v) is 4.11. The zero-order chi connectivity index (χ0) is 19.8. The molecule has 2 aliphatic rings. The van der Waals surface area contributed by atoms with Gasteiger partial charge in [-0.05, 0) is 49.9 Å². The highest BCUT2D eigenvalue weighted by molar-refractivity contribution is 6.13. The minimum atomic E-state index is -0.493. The summed E-state index contributed by atoms with van der Waals surface area (Å²) in [4.78, 5) is 42.1. The van der Waals surface area contributed by atoms with E-state index < -0.39 is 6.04 Å². The highest BCUT2D eigenvalue weighted by Crippen LogP contribution is 2.32. The maximum Gasteiger partial charge on any atom is 0.256 e. The number of fused-ring (bicyclic) bond motifs is 2. The molecule has 0 spiro atoms. The molecule has 2 aromatic carbocycles. The lowest BCUT2D eigenvalue weighted by atomic mass is 10.1. The van der Waals surface area contributed by atoms with Crippen LogP contribution in [-0.2, 0) is 9.59 Å².